The number of amides is 1. The Bertz CT molecular complexity index is 970. The van der Waals surface area contributed by atoms with Gasteiger partial charge in [0.15, 0.2) is 11.2 Å². The summed E-state index contributed by atoms with van der Waals surface area (Å²) >= 11 is -1.47. The molecule has 1 aliphatic rings. The SMILES string of the molecule is Nc1ncnc2[nH]cc(-c3cccc(CN4CC(=O)NS4=O)c3)c12. The number of nitrogens with zero attached hydrogens (tertiary/aromatic N) is 3. The molecule has 0 radical (unpaired) electrons. The van der Waals surface area contributed by atoms with Crippen LogP contribution in [-0.2, 0) is 22.5 Å². The highest BCUT2D eigenvalue weighted by molar-refractivity contribution is 7.81. The molecule has 1 aliphatic heterocycles. The lowest BCUT2D eigenvalue weighted by molar-refractivity contribution is -0.118. The summed E-state index contributed by atoms with van der Waals surface area (Å²) in [5, 5.41) is 0.774. The van der Waals surface area contributed by atoms with Crippen molar-refractivity contribution in [1.82, 2.24) is 24.0 Å². The Kier molecular flexibility index (Phi) is 3.51. The van der Waals surface area contributed by atoms with Gasteiger partial charge in [0, 0.05) is 18.3 Å². The van der Waals surface area contributed by atoms with E-state index in [1.165, 1.54) is 6.33 Å². The van der Waals surface area contributed by atoms with Crippen molar-refractivity contribution >= 4 is 33.9 Å². The lowest BCUT2D eigenvalue weighted by atomic mass is 10.0. The fraction of sp³-hybridized carbons (Fsp3) is 0.133. The van der Waals surface area contributed by atoms with Crippen molar-refractivity contribution in [3.05, 3.63) is 42.4 Å². The van der Waals surface area contributed by atoms with E-state index in [4.69, 9.17) is 5.73 Å². The molecule has 3 heterocycles. The van der Waals surface area contributed by atoms with Crippen molar-refractivity contribution in [3.63, 3.8) is 0 Å². The molecule has 8 nitrogen and oxygen atoms in total. The maximum atomic E-state index is 11.8. The molecule has 1 fully saturated rings. The van der Waals surface area contributed by atoms with Crippen LogP contribution >= 0.6 is 0 Å². The number of hydrogen-bond donors (Lipinski definition) is 3. The molecule has 1 saturated heterocycles. The van der Waals surface area contributed by atoms with E-state index in [2.05, 4.69) is 19.7 Å². The maximum absolute atomic E-state index is 11.8. The average Bonchev–Trinajstić information content (AvgIpc) is 3.12. The molecule has 0 aliphatic carbocycles. The normalized spacial score (nSPS) is 18.2. The Balaban J connectivity index is 1.70. The summed E-state index contributed by atoms with van der Waals surface area (Å²) in [6.07, 6.45) is 3.26. The minimum Gasteiger partial charge on any atom is -0.383 e. The third-order valence-electron chi connectivity index (χ3n) is 3.85. The first-order chi connectivity index (χ1) is 11.6. The number of carbonyl (C=O) groups is 1. The number of carbonyl (C=O) groups excluding carboxylic acids is 1. The summed E-state index contributed by atoms with van der Waals surface area (Å²) in [4.78, 5) is 22.6. The highest BCUT2D eigenvalue weighted by Gasteiger charge is 2.26. The minimum atomic E-state index is -1.47. The van der Waals surface area contributed by atoms with Gasteiger partial charge in [0.1, 0.15) is 17.8 Å². The van der Waals surface area contributed by atoms with Crippen molar-refractivity contribution in [2.45, 2.75) is 6.54 Å². The summed E-state index contributed by atoms with van der Waals surface area (Å²) in [5.41, 5.74) is 9.46. The molecule has 1 unspecified atom stereocenters. The first-order valence-electron chi connectivity index (χ1n) is 7.25. The van der Waals surface area contributed by atoms with Crippen molar-refractivity contribution in [2.75, 3.05) is 12.3 Å². The number of hydrogen-bond acceptors (Lipinski definition) is 5. The minimum absolute atomic E-state index is 0.130. The smallest absolute Gasteiger partial charge is 0.247 e. The Morgan fingerprint density at radius 3 is 3.00 bits per heavy atom. The second kappa shape index (κ2) is 5.69. The predicted molar refractivity (Wildman–Crippen MR) is 90.4 cm³/mol. The Labute approximate surface area is 139 Å². The second-order valence-corrected chi connectivity index (χ2v) is 6.68. The molecule has 0 saturated carbocycles. The number of nitrogen functional groups attached to an aromatic ring is 1. The zero-order valence-electron chi connectivity index (χ0n) is 12.5. The van der Waals surface area contributed by atoms with Crippen LogP contribution in [0.4, 0.5) is 5.82 Å². The fourth-order valence-corrected chi connectivity index (χ4v) is 3.67. The lowest BCUT2D eigenvalue weighted by Gasteiger charge is -2.12. The average molecular weight is 342 g/mol. The Morgan fingerprint density at radius 1 is 1.33 bits per heavy atom. The summed E-state index contributed by atoms with van der Waals surface area (Å²) in [5.74, 6) is 0.183. The molecule has 9 heteroatoms. The zero-order valence-corrected chi connectivity index (χ0v) is 13.3. The van der Waals surface area contributed by atoms with Gasteiger partial charge in [0.05, 0.1) is 11.9 Å². The molecule has 0 bridgehead atoms. The molecule has 2 aromatic heterocycles. The number of rotatable bonds is 3. The number of nitrogens with one attached hydrogen (secondary N) is 2. The van der Waals surface area contributed by atoms with E-state index in [0.29, 0.717) is 18.0 Å². The molecular weight excluding hydrogens is 328 g/mol. The summed E-state index contributed by atoms with van der Waals surface area (Å²) < 4.78 is 15.7. The van der Waals surface area contributed by atoms with Crippen LogP contribution in [0.5, 0.6) is 0 Å². The second-order valence-electron chi connectivity index (χ2n) is 5.46. The van der Waals surface area contributed by atoms with Gasteiger partial charge in [-0.05, 0) is 17.2 Å². The first-order valence-corrected chi connectivity index (χ1v) is 8.35. The van der Waals surface area contributed by atoms with Gasteiger partial charge in [-0.15, -0.1) is 0 Å². The van der Waals surface area contributed by atoms with Gasteiger partial charge >= 0.3 is 0 Å². The summed E-state index contributed by atoms with van der Waals surface area (Å²) in [6.45, 7) is 0.540. The molecule has 4 N–H and O–H groups in total. The quantitative estimate of drug-likeness (QED) is 0.648. The van der Waals surface area contributed by atoms with Gasteiger partial charge in [-0.1, -0.05) is 18.2 Å². The van der Waals surface area contributed by atoms with Crippen molar-refractivity contribution in [2.24, 2.45) is 0 Å². The number of H-pyrrole nitrogens is 1. The van der Waals surface area contributed by atoms with E-state index in [-0.39, 0.29) is 12.5 Å². The number of aromatic amines is 1. The zero-order chi connectivity index (χ0) is 16.7. The largest absolute Gasteiger partial charge is 0.383 e. The van der Waals surface area contributed by atoms with Crippen LogP contribution in [0.2, 0.25) is 0 Å². The number of benzene rings is 1. The molecule has 122 valence electrons. The van der Waals surface area contributed by atoms with Gasteiger partial charge in [0.2, 0.25) is 5.91 Å². The van der Waals surface area contributed by atoms with Gasteiger partial charge in [0.25, 0.3) is 0 Å². The van der Waals surface area contributed by atoms with E-state index in [0.717, 1.165) is 22.1 Å². The van der Waals surface area contributed by atoms with Crippen LogP contribution in [-0.4, -0.2) is 35.9 Å². The molecule has 1 atom stereocenters. The van der Waals surface area contributed by atoms with Crippen LogP contribution in [0.15, 0.2) is 36.8 Å². The van der Waals surface area contributed by atoms with E-state index in [9.17, 15) is 9.00 Å². The van der Waals surface area contributed by atoms with Crippen LogP contribution in [0.25, 0.3) is 22.2 Å². The number of aromatic nitrogens is 3. The van der Waals surface area contributed by atoms with Crippen LogP contribution < -0.4 is 10.5 Å². The third kappa shape index (κ3) is 2.53. The standard InChI is InChI=1S/C15H14N6O2S/c16-14-13-11(5-17-15(13)19-8-18-14)10-3-1-2-9(4-10)6-21-7-12(22)20-24(21)23/h1-5,8H,6-7H2,(H,20,22)(H3,16,17,18,19). The van der Waals surface area contributed by atoms with Crippen molar-refractivity contribution < 1.29 is 9.00 Å². The van der Waals surface area contributed by atoms with Gasteiger partial charge in [-0.25, -0.2) is 14.2 Å². The number of fused-ring (bicyclic) bond motifs is 1. The molecule has 1 amide bonds. The fourth-order valence-electron chi connectivity index (χ4n) is 2.78. The molecule has 24 heavy (non-hydrogen) atoms. The molecule has 0 spiro atoms. The van der Waals surface area contributed by atoms with Gasteiger partial charge in [-0.2, -0.15) is 4.31 Å². The summed E-state index contributed by atoms with van der Waals surface area (Å²) in [6, 6.07) is 7.79. The van der Waals surface area contributed by atoms with Gasteiger partial charge in [-0.3, -0.25) is 9.52 Å². The lowest BCUT2D eigenvalue weighted by Crippen LogP contribution is -2.22. The molecule has 1 aromatic carbocycles. The molecular formula is C15H14N6O2S. The molecule has 3 aromatic rings. The van der Waals surface area contributed by atoms with Gasteiger partial charge < -0.3 is 10.7 Å². The highest BCUT2D eigenvalue weighted by Crippen LogP contribution is 2.31. The van der Waals surface area contributed by atoms with E-state index >= 15 is 0 Å². The summed E-state index contributed by atoms with van der Waals surface area (Å²) in [7, 11) is 0. The monoisotopic (exact) mass is 342 g/mol. The maximum Gasteiger partial charge on any atom is 0.247 e. The van der Waals surface area contributed by atoms with Crippen molar-refractivity contribution in [3.8, 4) is 11.1 Å². The first kappa shape index (κ1) is 14.8. The Hall–Kier alpha value is -2.78. The Morgan fingerprint density at radius 2 is 2.21 bits per heavy atom. The van der Waals surface area contributed by atoms with E-state index in [1.54, 1.807) is 4.31 Å². The van der Waals surface area contributed by atoms with Crippen LogP contribution in [0.3, 0.4) is 0 Å². The van der Waals surface area contributed by atoms with Crippen LogP contribution in [0.1, 0.15) is 5.56 Å². The number of anilines is 1. The van der Waals surface area contributed by atoms with Crippen molar-refractivity contribution in [1.29, 1.82) is 0 Å². The predicted octanol–water partition coefficient (Wildman–Crippen LogP) is 0.718. The molecule has 4 rings (SSSR count). The topological polar surface area (TPSA) is 117 Å². The highest BCUT2D eigenvalue weighted by atomic mass is 32.2. The third-order valence-corrected chi connectivity index (χ3v) is 4.98. The van der Waals surface area contributed by atoms with E-state index < -0.39 is 11.2 Å². The number of nitrogens with two attached hydrogens (primary N) is 1. The van der Waals surface area contributed by atoms with E-state index in [1.807, 2.05) is 30.5 Å². The van der Waals surface area contributed by atoms with Crippen LogP contribution in [0, 0.1) is 0 Å².